The van der Waals surface area contributed by atoms with Gasteiger partial charge in [0.2, 0.25) is 5.91 Å². The standard InChI is InChI=1S/C21H20N2O3/c24-21(10-9-16-13-22-20-8-2-1-7-19(16)20)23(14-17-5-3-11-25-17)15-18-6-4-12-26-18/h1-8,11-13,22H,9-10,14-15H2. The van der Waals surface area contributed by atoms with Crippen LogP contribution in [0, 0.1) is 0 Å². The highest BCUT2D eigenvalue weighted by Gasteiger charge is 2.17. The molecule has 1 amide bonds. The largest absolute Gasteiger partial charge is 0.467 e. The normalized spacial score (nSPS) is 11.1. The van der Waals surface area contributed by atoms with Crippen LogP contribution in [0.2, 0.25) is 0 Å². The minimum absolute atomic E-state index is 0.0723. The highest BCUT2D eigenvalue weighted by atomic mass is 16.3. The SMILES string of the molecule is O=C(CCc1c[nH]c2ccccc12)N(Cc1ccco1)Cc1ccco1. The predicted octanol–water partition coefficient (Wildman–Crippen LogP) is 4.52. The number of aryl methyl sites for hydroxylation is 1. The fourth-order valence-corrected chi connectivity index (χ4v) is 3.15. The Morgan fingerprint density at radius 2 is 1.62 bits per heavy atom. The maximum atomic E-state index is 12.9. The number of rotatable bonds is 7. The van der Waals surface area contributed by atoms with Gasteiger partial charge in [-0.3, -0.25) is 4.79 Å². The Bertz CT molecular complexity index is 932. The van der Waals surface area contributed by atoms with Gasteiger partial charge in [-0.25, -0.2) is 0 Å². The molecule has 1 aromatic carbocycles. The predicted molar refractivity (Wildman–Crippen MR) is 98.3 cm³/mol. The van der Waals surface area contributed by atoms with E-state index in [1.165, 1.54) is 5.39 Å². The van der Waals surface area contributed by atoms with Gasteiger partial charge in [0.05, 0.1) is 25.6 Å². The van der Waals surface area contributed by atoms with E-state index in [4.69, 9.17) is 8.83 Å². The molecule has 0 aliphatic heterocycles. The van der Waals surface area contributed by atoms with E-state index >= 15 is 0 Å². The molecule has 5 heteroatoms. The number of H-pyrrole nitrogens is 1. The minimum atomic E-state index is 0.0723. The molecular weight excluding hydrogens is 328 g/mol. The van der Waals surface area contributed by atoms with Crippen molar-refractivity contribution < 1.29 is 13.6 Å². The van der Waals surface area contributed by atoms with E-state index in [2.05, 4.69) is 11.1 Å². The zero-order valence-electron chi connectivity index (χ0n) is 14.4. The molecule has 4 aromatic rings. The van der Waals surface area contributed by atoms with Gasteiger partial charge in [-0.2, -0.15) is 0 Å². The Morgan fingerprint density at radius 1 is 0.923 bits per heavy atom. The van der Waals surface area contributed by atoms with Gasteiger partial charge in [0.15, 0.2) is 0 Å². The molecule has 0 saturated carbocycles. The molecule has 5 nitrogen and oxygen atoms in total. The number of hydrogen-bond acceptors (Lipinski definition) is 3. The number of carbonyl (C=O) groups is 1. The molecule has 3 heterocycles. The van der Waals surface area contributed by atoms with Gasteiger partial charge < -0.3 is 18.7 Å². The molecule has 3 aromatic heterocycles. The summed E-state index contributed by atoms with van der Waals surface area (Å²) in [6.45, 7) is 0.862. The first-order valence-corrected chi connectivity index (χ1v) is 8.67. The molecule has 0 radical (unpaired) electrons. The summed E-state index contributed by atoms with van der Waals surface area (Å²) in [5.41, 5.74) is 2.25. The third-order valence-electron chi connectivity index (χ3n) is 4.49. The van der Waals surface area contributed by atoms with E-state index < -0.39 is 0 Å². The van der Waals surface area contributed by atoms with Crippen molar-refractivity contribution in [1.82, 2.24) is 9.88 Å². The van der Waals surface area contributed by atoms with Crippen molar-refractivity contribution in [2.24, 2.45) is 0 Å². The van der Waals surface area contributed by atoms with Gasteiger partial charge in [-0.05, 0) is 42.3 Å². The summed E-state index contributed by atoms with van der Waals surface area (Å²) >= 11 is 0. The van der Waals surface area contributed by atoms with Crippen LogP contribution in [0.15, 0.2) is 76.1 Å². The number of nitrogens with one attached hydrogen (secondary N) is 1. The second kappa shape index (κ2) is 7.35. The highest BCUT2D eigenvalue weighted by molar-refractivity contribution is 5.84. The second-order valence-corrected chi connectivity index (χ2v) is 6.27. The van der Waals surface area contributed by atoms with Crippen LogP contribution in [0.1, 0.15) is 23.5 Å². The summed E-state index contributed by atoms with van der Waals surface area (Å²) < 4.78 is 10.8. The fourth-order valence-electron chi connectivity index (χ4n) is 3.15. The van der Waals surface area contributed by atoms with Crippen LogP contribution >= 0.6 is 0 Å². The van der Waals surface area contributed by atoms with Crippen molar-refractivity contribution in [2.45, 2.75) is 25.9 Å². The lowest BCUT2D eigenvalue weighted by molar-refractivity contribution is -0.132. The smallest absolute Gasteiger partial charge is 0.223 e. The van der Waals surface area contributed by atoms with E-state index in [1.807, 2.05) is 48.7 Å². The number of aromatic nitrogens is 1. The number of benzene rings is 1. The van der Waals surface area contributed by atoms with Crippen molar-refractivity contribution >= 4 is 16.8 Å². The number of hydrogen-bond donors (Lipinski definition) is 1. The van der Waals surface area contributed by atoms with Crippen molar-refractivity contribution in [1.29, 1.82) is 0 Å². The van der Waals surface area contributed by atoms with Crippen molar-refractivity contribution in [3.63, 3.8) is 0 Å². The minimum Gasteiger partial charge on any atom is -0.467 e. The molecular formula is C21H20N2O3. The Balaban J connectivity index is 1.46. The van der Waals surface area contributed by atoms with Gasteiger partial charge in [0.25, 0.3) is 0 Å². The Kier molecular flexibility index (Phi) is 4.60. The molecule has 1 N–H and O–H groups in total. The van der Waals surface area contributed by atoms with Gasteiger partial charge in [-0.15, -0.1) is 0 Å². The number of carbonyl (C=O) groups excluding carboxylic acids is 1. The lowest BCUT2D eigenvalue weighted by Crippen LogP contribution is -2.30. The number of furan rings is 2. The van der Waals surface area contributed by atoms with E-state index in [0.29, 0.717) is 25.9 Å². The average Bonchev–Trinajstić information content (AvgIpc) is 3.41. The third kappa shape index (κ3) is 3.57. The topological polar surface area (TPSA) is 62.4 Å². The fraction of sp³-hybridized carbons (Fsp3) is 0.190. The van der Waals surface area contributed by atoms with Gasteiger partial charge in [0.1, 0.15) is 11.5 Å². The summed E-state index contributed by atoms with van der Waals surface area (Å²) in [6.07, 6.45) is 6.36. The maximum Gasteiger partial charge on any atom is 0.223 e. The third-order valence-corrected chi connectivity index (χ3v) is 4.49. The molecule has 0 saturated heterocycles. The molecule has 0 bridgehead atoms. The number of nitrogens with zero attached hydrogens (tertiary/aromatic N) is 1. The van der Waals surface area contributed by atoms with E-state index in [1.54, 1.807) is 17.4 Å². The Labute approximate surface area is 151 Å². The number of para-hydroxylation sites is 1. The highest BCUT2D eigenvalue weighted by Crippen LogP contribution is 2.20. The lowest BCUT2D eigenvalue weighted by atomic mass is 10.1. The van der Waals surface area contributed by atoms with Crippen molar-refractivity contribution in [2.75, 3.05) is 0 Å². The van der Waals surface area contributed by atoms with Crippen LogP contribution in [-0.2, 0) is 24.3 Å². The summed E-state index contributed by atoms with van der Waals surface area (Å²) in [5.74, 6) is 1.59. The van der Waals surface area contributed by atoms with Crippen LogP contribution in [0.5, 0.6) is 0 Å². The molecule has 0 unspecified atom stereocenters. The van der Waals surface area contributed by atoms with Crippen molar-refractivity contribution in [3.8, 4) is 0 Å². The lowest BCUT2D eigenvalue weighted by Gasteiger charge is -2.20. The number of aromatic amines is 1. The summed E-state index contributed by atoms with van der Waals surface area (Å²) in [5, 5.41) is 1.17. The molecule has 0 spiro atoms. The Morgan fingerprint density at radius 3 is 2.27 bits per heavy atom. The van der Waals surface area contributed by atoms with E-state index in [-0.39, 0.29) is 5.91 Å². The zero-order chi connectivity index (χ0) is 17.8. The molecule has 132 valence electrons. The van der Waals surface area contributed by atoms with Gasteiger partial charge >= 0.3 is 0 Å². The first kappa shape index (κ1) is 16.3. The van der Waals surface area contributed by atoms with Crippen molar-refractivity contribution in [3.05, 3.63) is 84.3 Å². The molecule has 0 atom stereocenters. The molecule has 0 aliphatic carbocycles. The first-order valence-electron chi connectivity index (χ1n) is 8.67. The van der Waals surface area contributed by atoms with Gasteiger partial charge in [-0.1, -0.05) is 18.2 Å². The quantitative estimate of drug-likeness (QED) is 0.534. The molecule has 0 fully saturated rings. The molecule has 4 rings (SSSR count). The molecule has 26 heavy (non-hydrogen) atoms. The first-order chi connectivity index (χ1) is 12.8. The maximum absolute atomic E-state index is 12.9. The van der Waals surface area contributed by atoms with E-state index in [0.717, 1.165) is 22.6 Å². The van der Waals surface area contributed by atoms with Crippen LogP contribution in [-0.4, -0.2) is 15.8 Å². The average molecular weight is 348 g/mol. The van der Waals surface area contributed by atoms with Crippen LogP contribution in [0.3, 0.4) is 0 Å². The van der Waals surface area contributed by atoms with Crippen LogP contribution in [0.4, 0.5) is 0 Å². The van der Waals surface area contributed by atoms with Crippen LogP contribution < -0.4 is 0 Å². The van der Waals surface area contributed by atoms with Crippen LogP contribution in [0.25, 0.3) is 10.9 Å². The number of fused-ring (bicyclic) bond motifs is 1. The number of amides is 1. The summed E-state index contributed by atoms with van der Waals surface area (Å²) in [6, 6.07) is 15.6. The zero-order valence-corrected chi connectivity index (χ0v) is 14.4. The Hall–Kier alpha value is -3.21. The van der Waals surface area contributed by atoms with Gasteiger partial charge in [0, 0.05) is 23.5 Å². The summed E-state index contributed by atoms with van der Waals surface area (Å²) in [4.78, 5) is 17.9. The second-order valence-electron chi connectivity index (χ2n) is 6.27. The van der Waals surface area contributed by atoms with E-state index in [9.17, 15) is 4.79 Å². The monoisotopic (exact) mass is 348 g/mol. The summed E-state index contributed by atoms with van der Waals surface area (Å²) in [7, 11) is 0. The molecule has 0 aliphatic rings.